The van der Waals surface area contributed by atoms with Crippen molar-refractivity contribution in [2.75, 3.05) is 31.3 Å². The quantitative estimate of drug-likeness (QED) is 0.657. The van der Waals surface area contributed by atoms with Gasteiger partial charge in [0.1, 0.15) is 0 Å². The molecule has 1 aliphatic heterocycles. The van der Waals surface area contributed by atoms with Gasteiger partial charge in [-0.1, -0.05) is 36.8 Å². The van der Waals surface area contributed by atoms with E-state index in [2.05, 4.69) is 40.5 Å². The number of rotatable bonds is 6. The van der Waals surface area contributed by atoms with E-state index in [-0.39, 0.29) is 22.0 Å². The lowest BCUT2D eigenvalue weighted by Crippen LogP contribution is -2.56. The number of nitrogens with zero attached hydrogens (tertiary/aromatic N) is 2. The number of nitrogens with one attached hydrogen (secondary N) is 1. The summed E-state index contributed by atoms with van der Waals surface area (Å²) in [7, 11) is -1.22. The van der Waals surface area contributed by atoms with E-state index in [1.807, 2.05) is 11.9 Å². The van der Waals surface area contributed by atoms with Crippen LogP contribution in [0.15, 0.2) is 59.5 Å². The van der Waals surface area contributed by atoms with Crippen molar-refractivity contribution >= 4 is 21.6 Å². The van der Waals surface area contributed by atoms with Gasteiger partial charge in [-0.15, -0.1) is 0 Å². The fourth-order valence-electron chi connectivity index (χ4n) is 6.09. The minimum absolute atomic E-state index is 0.0654. The smallest absolute Gasteiger partial charge is 0.317 e. The summed E-state index contributed by atoms with van der Waals surface area (Å²) in [5.41, 5.74) is 1.84. The standard InChI is InChI=1S/C27H35N3O3S/c1-28-27(22-9-4-3-5-10-22)17-15-26(16-18-27)20-29(25(31)30(26)19-21-7-6-8-21)23-11-13-24(14-12-23)34(2,32)33/h3-5,9-14,21,28H,6-8,15-20H2,1-2H3/t26-,27+. The summed E-state index contributed by atoms with van der Waals surface area (Å²) in [4.78, 5) is 18.1. The Morgan fingerprint density at radius 1 is 0.971 bits per heavy atom. The fourth-order valence-corrected chi connectivity index (χ4v) is 6.72. The summed E-state index contributed by atoms with van der Waals surface area (Å²) >= 11 is 0. The second-order valence-electron chi connectivity index (χ2n) is 10.5. The number of benzene rings is 2. The molecule has 34 heavy (non-hydrogen) atoms. The van der Waals surface area contributed by atoms with Crippen LogP contribution in [0, 0.1) is 5.92 Å². The lowest BCUT2D eigenvalue weighted by Gasteiger charge is -2.49. The Bertz CT molecular complexity index is 1140. The summed E-state index contributed by atoms with van der Waals surface area (Å²) in [6.45, 7) is 1.49. The van der Waals surface area contributed by atoms with E-state index >= 15 is 0 Å². The zero-order valence-electron chi connectivity index (χ0n) is 20.2. The molecule has 0 unspecified atom stereocenters. The van der Waals surface area contributed by atoms with Gasteiger partial charge in [0, 0.05) is 24.0 Å². The van der Waals surface area contributed by atoms with E-state index in [0.29, 0.717) is 12.5 Å². The van der Waals surface area contributed by atoms with Crippen LogP contribution in [0.4, 0.5) is 10.5 Å². The molecule has 3 fully saturated rings. The van der Waals surface area contributed by atoms with E-state index in [1.54, 1.807) is 24.3 Å². The number of urea groups is 1. The molecule has 0 aromatic heterocycles. The number of anilines is 1. The van der Waals surface area contributed by atoms with Gasteiger partial charge < -0.3 is 10.2 Å². The highest BCUT2D eigenvalue weighted by Crippen LogP contribution is 2.48. The maximum atomic E-state index is 13.8. The third-order valence-electron chi connectivity index (χ3n) is 8.57. The van der Waals surface area contributed by atoms with Crippen molar-refractivity contribution in [2.45, 2.75) is 60.9 Å². The lowest BCUT2D eigenvalue weighted by atomic mass is 9.68. The first-order chi connectivity index (χ1) is 16.3. The van der Waals surface area contributed by atoms with Gasteiger partial charge in [0.2, 0.25) is 0 Å². The average Bonchev–Trinajstić information content (AvgIpc) is 3.08. The lowest BCUT2D eigenvalue weighted by molar-refractivity contribution is 0.0593. The van der Waals surface area contributed by atoms with Gasteiger partial charge in [-0.2, -0.15) is 0 Å². The molecule has 2 aromatic carbocycles. The summed E-state index contributed by atoms with van der Waals surface area (Å²) < 4.78 is 23.8. The van der Waals surface area contributed by atoms with Gasteiger partial charge in [-0.25, -0.2) is 13.2 Å². The number of hydrogen-bond donors (Lipinski definition) is 1. The second kappa shape index (κ2) is 8.68. The van der Waals surface area contributed by atoms with Crippen molar-refractivity contribution in [1.82, 2.24) is 10.2 Å². The molecular formula is C27H35N3O3S. The van der Waals surface area contributed by atoms with Crippen LogP contribution in [-0.4, -0.2) is 51.3 Å². The molecular weight excluding hydrogens is 446 g/mol. The number of carbonyl (C=O) groups is 1. The van der Waals surface area contributed by atoms with E-state index in [1.165, 1.54) is 31.1 Å². The molecule has 0 atom stereocenters. The van der Waals surface area contributed by atoms with Gasteiger partial charge in [-0.05, 0) is 81.3 Å². The minimum atomic E-state index is -3.27. The first-order valence-electron chi connectivity index (χ1n) is 12.4. The predicted octanol–water partition coefficient (Wildman–Crippen LogP) is 4.56. The highest BCUT2D eigenvalue weighted by molar-refractivity contribution is 7.90. The molecule has 2 aliphatic carbocycles. The maximum absolute atomic E-state index is 13.8. The van der Waals surface area contributed by atoms with Crippen molar-refractivity contribution in [2.24, 2.45) is 5.92 Å². The summed E-state index contributed by atoms with van der Waals surface area (Å²) in [5.74, 6) is 0.596. The Morgan fingerprint density at radius 3 is 2.15 bits per heavy atom. The van der Waals surface area contributed by atoms with Crippen LogP contribution in [0.25, 0.3) is 0 Å². The van der Waals surface area contributed by atoms with E-state index in [4.69, 9.17) is 0 Å². The number of hydrogen-bond acceptors (Lipinski definition) is 4. The molecule has 3 aliphatic rings. The van der Waals surface area contributed by atoms with E-state index in [9.17, 15) is 13.2 Å². The third-order valence-corrected chi connectivity index (χ3v) is 9.70. The normalized spacial score (nSPS) is 27.9. The van der Waals surface area contributed by atoms with Gasteiger partial charge in [0.05, 0.1) is 17.0 Å². The average molecular weight is 482 g/mol. The molecule has 0 radical (unpaired) electrons. The second-order valence-corrected chi connectivity index (χ2v) is 12.5. The highest BCUT2D eigenvalue weighted by atomic mass is 32.2. The van der Waals surface area contributed by atoms with Crippen molar-refractivity contribution in [3.63, 3.8) is 0 Å². The van der Waals surface area contributed by atoms with Crippen LogP contribution in [0.3, 0.4) is 0 Å². The van der Waals surface area contributed by atoms with Crippen LogP contribution < -0.4 is 10.2 Å². The Kier molecular flexibility index (Phi) is 5.97. The highest BCUT2D eigenvalue weighted by Gasteiger charge is 2.54. The van der Waals surface area contributed by atoms with E-state index < -0.39 is 9.84 Å². The zero-order valence-corrected chi connectivity index (χ0v) is 21.0. The minimum Gasteiger partial charge on any atom is -0.317 e. The Labute approximate surface area is 203 Å². The Hall–Kier alpha value is -2.38. The summed E-state index contributed by atoms with van der Waals surface area (Å²) in [6.07, 6.45) is 8.71. The molecule has 1 spiro atoms. The van der Waals surface area contributed by atoms with Crippen molar-refractivity contribution in [1.29, 1.82) is 0 Å². The first-order valence-corrected chi connectivity index (χ1v) is 14.3. The van der Waals surface area contributed by atoms with Gasteiger partial charge >= 0.3 is 6.03 Å². The van der Waals surface area contributed by atoms with Crippen LogP contribution in [0.5, 0.6) is 0 Å². The first kappa shape index (κ1) is 23.4. The van der Waals surface area contributed by atoms with Crippen LogP contribution >= 0.6 is 0 Å². The molecule has 6 nitrogen and oxygen atoms in total. The fraction of sp³-hybridized carbons (Fsp3) is 0.519. The summed E-state index contributed by atoms with van der Waals surface area (Å²) in [5, 5.41) is 3.62. The molecule has 1 heterocycles. The predicted molar refractivity (Wildman–Crippen MR) is 135 cm³/mol. The molecule has 5 rings (SSSR count). The van der Waals surface area contributed by atoms with Crippen LogP contribution in [-0.2, 0) is 15.4 Å². The topological polar surface area (TPSA) is 69.7 Å². The largest absolute Gasteiger partial charge is 0.325 e. The molecule has 2 saturated carbocycles. The van der Waals surface area contributed by atoms with Gasteiger partial charge in [0.15, 0.2) is 9.84 Å². The monoisotopic (exact) mass is 481 g/mol. The van der Waals surface area contributed by atoms with E-state index in [0.717, 1.165) is 37.9 Å². The molecule has 1 saturated heterocycles. The molecule has 182 valence electrons. The molecule has 0 bridgehead atoms. The number of sulfone groups is 1. The van der Waals surface area contributed by atoms with Crippen molar-refractivity contribution in [3.05, 3.63) is 60.2 Å². The van der Waals surface area contributed by atoms with Crippen LogP contribution in [0.1, 0.15) is 50.5 Å². The Morgan fingerprint density at radius 2 is 1.62 bits per heavy atom. The molecule has 1 N–H and O–H groups in total. The number of carbonyl (C=O) groups excluding carboxylic acids is 1. The molecule has 2 aromatic rings. The van der Waals surface area contributed by atoms with Crippen LogP contribution in [0.2, 0.25) is 0 Å². The summed E-state index contributed by atoms with van der Waals surface area (Å²) in [6, 6.07) is 17.5. The maximum Gasteiger partial charge on any atom is 0.325 e. The Balaban J connectivity index is 1.43. The van der Waals surface area contributed by atoms with Gasteiger partial charge in [-0.3, -0.25) is 4.90 Å². The molecule has 2 amide bonds. The third kappa shape index (κ3) is 4.03. The number of amides is 2. The zero-order chi connectivity index (χ0) is 24.0. The SMILES string of the molecule is CN[C@]1(c2ccccc2)CC[C@]2(CC1)CN(c1ccc(S(C)(=O)=O)cc1)C(=O)N2CC1CCC1. The molecule has 7 heteroatoms. The van der Waals surface area contributed by atoms with Crippen molar-refractivity contribution in [3.8, 4) is 0 Å². The van der Waals surface area contributed by atoms with Gasteiger partial charge in [0.25, 0.3) is 0 Å². The van der Waals surface area contributed by atoms with Crippen molar-refractivity contribution < 1.29 is 13.2 Å².